The molecule has 0 radical (unpaired) electrons. The second-order valence-electron chi connectivity index (χ2n) is 3.79. The fourth-order valence-electron chi connectivity index (χ4n) is 1.50. The summed E-state index contributed by atoms with van der Waals surface area (Å²) >= 11 is 0. The minimum absolute atomic E-state index is 0.0223. The molecule has 0 aliphatic carbocycles. The molecule has 0 fully saturated rings. The minimum atomic E-state index is 0.0223. The quantitative estimate of drug-likeness (QED) is 0.840. The summed E-state index contributed by atoms with van der Waals surface area (Å²) in [6, 6.07) is 9.35. The Hall–Kier alpha value is -3.12. The molecule has 1 aromatic carbocycles. The first-order valence-corrected chi connectivity index (χ1v) is 5.47. The van der Waals surface area contributed by atoms with Crippen molar-refractivity contribution in [3.63, 3.8) is 0 Å². The molecule has 0 spiro atoms. The molecule has 1 heterocycles. The van der Waals surface area contributed by atoms with Crippen LogP contribution >= 0.6 is 0 Å². The molecule has 19 heavy (non-hydrogen) atoms. The number of aryl methyl sites for hydroxylation is 1. The van der Waals surface area contributed by atoms with Gasteiger partial charge >= 0.3 is 0 Å². The summed E-state index contributed by atoms with van der Waals surface area (Å²) in [6.45, 7) is 1.94. The number of aromatic nitrogens is 3. The molecule has 0 amide bonds. The van der Waals surface area contributed by atoms with Gasteiger partial charge in [-0.25, -0.2) is 0 Å². The zero-order valence-corrected chi connectivity index (χ0v) is 10.2. The number of nitrogens with zero attached hydrogens (tertiary/aromatic N) is 5. The first kappa shape index (κ1) is 12.3. The van der Waals surface area contributed by atoms with Crippen molar-refractivity contribution in [3.8, 4) is 17.8 Å². The van der Waals surface area contributed by atoms with Gasteiger partial charge in [0.2, 0.25) is 0 Å². The summed E-state index contributed by atoms with van der Waals surface area (Å²) in [7, 11) is 0. The van der Waals surface area contributed by atoms with Crippen molar-refractivity contribution in [2.75, 3.05) is 5.32 Å². The highest BCUT2D eigenvalue weighted by molar-refractivity contribution is 5.59. The largest absolute Gasteiger partial charge is 0.360 e. The van der Waals surface area contributed by atoms with Crippen LogP contribution in [0.5, 0.6) is 0 Å². The van der Waals surface area contributed by atoms with E-state index in [9.17, 15) is 0 Å². The summed E-state index contributed by atoms with van der Waals surface area (Å²) in [5.41, 5.74) is 2.73. The molecular weight excluding hydrogens is 240 g/mol. The van der Waals surface area contributed by atoms with E-state index >= 15 is 0 Å². The van der Waals surface area contributed by atoms with E-state index in [4.69, 9.17) is 10.5 Å². The summed E-state index contributed by atoms with van der Waals surface area (Å²) in [6.07, 6.45) is 4.58. The molecule has 0 saturated carbocycles. The zero-order valence-electron chi connectivity index (χ0n) is 10.2. The van der Waals surface area contributed by atoms with E-state index in [0.29, 0.717) is 0 Å². The highest BCUT2D eigenvalue weighted by Gasteiger charge is 2.02. The molecule has 92 valence electrons. The van der Waals surface area contributed by atoms with Crippen molar-refractivity contribution >= 4 is 5.69 Å². The third-order valence-electron chi connectivity index (χ3n) is 2.55. The van der Waals surface area contributed by atoms with Gasteiger partial charge in [0.1, 0.15) is 30.4 Å². The Balaban J connectivity index is 2.32. The molecule has 0 saturated heterocycles. The zero-order chi connectivity index (χ0) is 13.7. The molecule has 0 atom stereocenters. The predicted octanol–water partition coefficient (Wildman–Crippen LogP) is 1.92. The Morgan fingerprint density at radius 1 is 1.26 bits per heavy atom. The van der Waals surface area contributed by atoms with Gasteiger partial charge in [-0.1, -0.05) is 6.07 Å². The van der Waals surface area contributed by atoms with Crippen LogP contribution in [0.25, 0.3) is 5.69 Å². The van der Waals surface area contributed by atoms with Crippen molar-refractivity contribution in [1.82, 2.24) is 14.8 Å². The molecule has 0 aliphatic rings. The number of hydrogen-bond acceptors (Lipinski definition) is 5. The lowest BCUT2D eigenvalue weighted by atomic mass is 10.1. The van der Waals surface area contributed by atoms with Gasteiger partial charge in [-0.2, -0.15) is 10.5 Å². The topological polar surface area (TPSA) is 90.3 Å². The van der Waals surface area contributed by atoms with Crippen molar-refractivity contribution in [2.24, 2.45) is 0 Å². The highest BCUT2D eigenvalue weighted by atomic mass is 15.2. The fraction of sp³-hybridized carbons (Fsp3) is 0.0769. The summed E-state index contributed by atoms with van der Waals surface area (Å²) in [4.78, 5) is 0. The van der Waals surface area contributed by atoms with E-state index in [1.54, 1.807) is 29.4 Å². The van der Waals surface area contributed by atoms with Gasteiger partial charge in [0, 0.05) is 11.9 Å². The first-order chi connectivity index (χ1) is 9.24. The molecule has 2 rings (SSSR count). The van der Waals surface area contributed by atoms with Crippen LogP contribution < -0.4 is 5.32 Å². The van der Waals surface area contributed by atoms with E-state index in [0.717, 1.165) is 16.9 Å². The second-order valence-corrected chi connectivity index (χ2v) is 3.79. The van der Waals surface area contributed by atoms with Gasteiger partial charge in [-0.05, 0) is 24.6 Å². The number of nitriles is 2. The Morgan fingerprint density at radius 2 is 1.95 bits per heavy atom. The third kappa shape index (κ3) is 2.76. The smallest absolute Gasteiger partial charge is 0.145 e. The van der Waals surface area contributed by atoms with Gasteiger partial charge in [-0.15, -0.1) is 10.2 Å². The van der Waals surface area contributed by atoms with Crippen LogP contribution in [-0.2, 0) is 0 Å². The SMILES string of the molecule is Cc1ccc(-n2cnnc2)cc1NC=C(C#N)C#N. The van der Waals surface area contributed by atoms with Gasteiger partial charge in [0.15, 0.2) is 0 Å². The third-order valence-corrected chi connectivity index (χ3v) is 2.55. The monoisotopic (exact) mass is 250 g/mol. The molecule has 0 aliphatic heterocycles. The fourth-order valence-corrected chi connectivity index (χ4v) is 1.50. The number of benzene rings is 1. The molecule has 6 heteroatoms. The Labute approximate surface area is 110 Å². The minimum Gasteiger partial charge on any atom is -0.360 e. The predicted molar refractivity (Wildman–Crippen MR) is 69.0 cm³/mol. The van der Waals surface area contributed by atoms with Crippen molar-refractivity contribution in [2.45, 2.75) is 6.92 Å². The maximum Gasteiger partial charge on any atom is 0.145 e. The molecule has 1 aromatic heterocycles. The average molecular weight is 250 g/mol. The van der Waals surface area contributed by atoms with Crippen LogP contribution in [0.2, 0.25) is 0 Å². The van der Waals surface area contributed by atoms with Gasteiger partial charge in [0.25, 0.3) is 0 Å². The highest BCUT2D eigenvalue weighted by Crippen LogP contribution is 2.19. The summed E-state index contributed by atoms with van der Waals surface area (Å²) in [5, 5.41) is 27.8. The lowest BCUT2D eigenvalue weighted by Crippen LogP contribution is -1.96. The molecular formula is C13H10N6. The van der Waals surface area contributed by atoms with E-state index in [1.165, 1.54) is 6.20 Å². The first-order valence-electron chi connectivity index (χ1n) is 5.47. The Morgan fingerprint density at radius 3 is 2.58 bits per heavy atom. The number of hydrogen-bond donors (Lipinski definition) is 1. The van der Waals surface area contributed by atoms with E-state index in [-0.39, 0.29) is 5.57 Å². The standard InChI is InChI=1S/C13H10N6/c1-10-2-3-12(19-8-17-18-9-19)4-13(10)16-7-11(5-14)6-15/h2-4,7-9,16H,1H3. The maximum absolute atomic E-state index is 8.68. The molecule has 6 nitrogen and oxygen atoms in total. The Kier molecular flexibility index (Phi) is 3.56. The van der Waals surface area contributed by atoms with E-state index in [1.807, 2.05) is 25.1 Å². The van der Waals surface area contributed by atoms with E-state index in [2.05, 4.69) is 15.5 Å². The van der Waals surface area contributed by atoms with Crippen LogP contribution in [0.4, 0.5) is 5.69 Å². The van der Waals surface area contributed by atoms with Gasteiger partial charge in [0.05, 0.1) is 5.69 Å². The number of allylic oxidation sites excluding steroid dienone is 1. The number of nitrogens with one attached hydrogen (secondary N) is 1. The molecule has 2 aromatic rings. The van der Waals surface area contributed by atoms with Crippen molar-refractivity contribution in [3.05, 3.63) is 48.2 Å². The number of anilines is 1. The summed E-state index contributed by atoms with van der Waals surface area (Å²) in [5.74, 6) is 0. The van der Waals surface area contributed by atoms with Crippen molar-refractivity contribution in [1.29, 1.82) is 10.5 Å². The average Bonchev–Trinajstić information content (AvgIpc) is 2.96. The summed E-state index contributed by atoms with van der Waals surface area (Å²) < 4.78 is 1.77. The maximum atomic E-state index is 8.68. The lowest BCUT2D eigenvalue weighted by Gasteiger charge is -2.08. The van der Waals surface area contributed by atoms with Crippen LogP contribution in [-0.4, -0.2) is 14.8 Å². The van der Waals surface area contributed by atoms with Crippen LogP contribution in [0.3, 0.4) is 0 Å². The Bertz CT molecular complexity index is 669. The lowest BCUT2D eigenvalue weighted by molar-refractivity contribution is 1.05. The normalized spacial score (nSPS) is 9.21. The van der Waals surface area contributed by atoms with Crippen LogP contribution in [0.15, 0.2) is 42.6 Å². The van der Waals surface area contributed by atoms with Gasteiger partial charge < -0.3 is 5.32 Å². The van der Waals surface area contributed by atoms with Crippen LogP contribution in [0, 0.1) is 29.6 Å². The van der Waals surface area contributed by atoms with E-state index < -0.39 is 0 Å². The molecule has 0 bridgehead atoms. The molecule has 0 unspecified atom stereocenters. The van der Waals surface area contributed by atoms with Crippen molar-refractivity contribution < 1.29 is 0 Å². The molecule has 1 N–H and O–H groups in total. The van der Waals surface area contributed by atoms with Gasteiger partial charge in [-0.3, -0.25) is 4.57 Å². The second kappa shape index (κ2) is 5.48. The van der Waals surface area contributed by atoms with Crippen LogP contribution in [0.1, 0.15) is 5.56 Å². The number of rotatable bonds is 3.